The highest BCUT2D eigenvalue weighted by molar-refractivity contribution is 9.10. The van der Waals surface area contributed by atoms with E-state index in [1.54, 1.807) is 0 Å². The van der Waals surface area contributed by atoms with Crippen molar-refractivity contribution in [1.82, 2.24) is 4.98 Å². The molecular formula is C14H17BrN2. The summed E-state index contributed by atoms with van der Waals surface area (Å²) in [6.45, 7) is 8.50. The standard InChI is InChI=1S/C14H17BrN2/c1-9-7-13(17-14(2,3)4)11-8-10(15)5-6-12(11)16-9/h5-8H,1-4H3,(H,16,17). The largest absolute Gasteiger partial charge is 0.380 e. The van der Waals surface area contributed by atoms with Gasteiger partial charge in [0.25, 0.3) is 0 Å². The summed E-state index contributed by atoms with van der Waals surface area (Å²) in [5.74, 6) is 0. The molecule has 0 fully saturated rings. The second-order valence-electron chi connectivity index (χ2n) is 5.35. The van der Waals surface area contributed by atoms with Crippen LogP contribution in [-0.4, -0.2) is 10.5 Å². The van der Waals surface area contributed by atoms with Crippen molar-refractivity contribution in [3.05, 3.63) is 34.4 Å². The van der Waals surface area contributed by atoms with Crippen molar-refractivity contribution in [2.45, 2.75) is 33.2 Å². The predicted molar refractivity (Wildman–Crippen MR) is 77.6 cm³/mol. The number of benzene rings is 1. The summed E-state index contributed by atoms with van der Waals surface area (Å²) >= 11 is 3.51. The second kappa shape index (κ2) is 4.30. The van der Waals surface area contributed by atoms with E-state index in [2.05, 4.69) is 59.1 Å². The Morgan fingerprint density at radius 2 is 1.88 bits per heavy atom. The van der Waals surface area contributed by atoms with Gasteiger partial charge < -0.3 is 5.32 Å². The van der Waals surface area contributed by atoms with Crippen molar-refractivity contribution in [2.75, 3.05) is 5.32 Å². The van der Waals surface area contributed by atoms with Crippen molar-refractivity contribution in [3.8, 4) is 0 Å². The van der Waals surface area contributed by atoms with E-state index in [0.29, 0.717) is 0 Å². The van der Waals surface area contributed by atoms with Crippen LogP contribution in [0.15, 0.2) is 28.7 Å². The highest BCUT2D eigenvalue weighted by atomic mass is 79.9. The summed E-state index contributed by atoms with van der Waals surface area (Å²) in [5, 5.41) is 4.68. The van der Waals surface area contributed by atoms with E-state index in [9.17, 15) is 0 Å². The van der Waals surface area contributed by atoms with Crippen LogP contribution in [0, 0.1) is 6.92 Å². The molecule has 1 heterocycles. The average Bonchev–Trinajstić information content (AvgIpc) is 2.16. The molecular weight excluding hydrogens is 276 g/mol. The predicted octanol–water partition coefficient (Wildman–Crippen LogP) is 4.52. The number of fused-ring (bicyclic) bond motifs is 1. The number of hydrogen-bond donors (Lipinski definition) is 1. The zero-order chi connectivity index (χ0) is 12.6. The molecule has 0 radical (unpaired) electrons. The molecule has 0 spiro atoms. The number of nitrogens with zero attached hydrogens (tertiary/aromatic N) is 1. The van der Waals surface area contributed by atoms with Crippen LogP contribution in [0.3, 0.4) is 0 Å². The lowest BCUT2D eigenvalue weighted by atomic mass is 10.1. The lowest BCUT2D eigenvalue weighted by Crippen LogP contribution is -2.26. The Labute approximate surface area is 111 Å². The second-order valence-corrected chi connectivity index (χ2v) is 6.26. The van der Waals surface area contributed by atoms with Gasteiger partial charge in [-0.3, -0.25) is 4.98 Å². The summed E-state index contributed by atoms with van der Waals surface area (Å²) < 4.78 is 1.08. The number of rotatable bonds is 1. The van der Waals surface area contributed by atoms with Crippen LogP contribution in [-0.2, 0) is 0 Å². The number of hydrogen-bond acceptors (Lipinski definition) is 2. The van der Waals surface area contributed by atoms with E-state index in [0.717, 1.165) is 26.8 Å². The highest BCUT2D eigenvalue weighted by Crippen LogP contribution is 2.28. The molecule has 1 aromatic carbocycles. The van der Waals surface area contributed by atoms with E-state index in [-0.39, 0.29) is 5.54 Å². The van der Waals surface area contributed by atoms with Gasteiger partial charge in [0, 0.05) is 26.8 Å². The van der Waals surface area contributed by atoms with Crippen LogP contribution in [0.1, 0.15) is 26.5 Å². The van der Waals surface area contributed by atoms with Gasteiger partial charge >= 0.3 is 0 Å². The normalized spacial score (nSPS) is 11.8. The van der Waals surface area contributed by atoms with Gasteiger partial charge in [0.15, 0.2) is 0 Å². The molecule has 3 heteroatoms. The molecule has 1 N–H and O–H groups in total. The van der Waals surface area contributed by atoms with Crippen molar-refractivity contribution in [2.24, 2.45) is 0 Å². The third kappa shape index (κ3) is 2.97. The summed E-state index contributed by atoms with van der Waals surface area (Å²) in [6, 6.07) is 8.27. The zero-order valence-electron chi connectivity index (χ0n) is 10.6. The fraction of sp³-hybridized carbons (Fsp3) is 0.357. The van der Waals surface area contributed by atoms with Crippen LogP contribution in [0.4, 0.5) is 5.69 Å². The van der Waals surface area contributed by atoms with Crippen molar-refractivity contribution < 1.29 is 0 Å². The fourth-order valence-electron chi connectivity index (χ4n) is 1.84. The molecule has 2 nitrogen and oxygen atoms in total. The summed E-state index contributed by atoms with van der Waals surface area (Å²) in [5.41, 5.74) is 3.25. The molecule has 0 atom stereocenters. The van der Waals surface area contributed by atoms with Crippen LogP contribution in [0.5, 0.6) is 0 Å². The first-order valence-corrected chi connectivity index (χ1v) is 6.49. The number of anilines is 1. The minimum absolute atomic E-state index is 0.0447. The van der Waals surface area contributed by atoms with Crippen LogP contribution in [0.25, 0.3) is 10.9 Å². The molecule has 90 valence electrons. The number of halogens is 1. The maximum atomic E-state index is 4.55. The van der Waals surface area contributed by atoms with Crippen molar-refractivity contribution >= 4 is 32.5 Å². The van der Waals surface area contributed by atoms with Crippen LogP contribution >= 0.6 is 15.9 Å². The smallest absolute Gasteiger partial charge is 0.0726 e. The number of aryl methyl sites for hydroxylation is 1. The summed E-state index contributed by atoms with van der Waals surface area (Å²) in [7, 11) is 0. The molecule has 0 aliphatic heterocycles. The van der Waals surface area contributed by atoms with E-state index < -0.39 is 0 Å². The molecule has 17 heavy (non-hydrogen) atoms. The molecule has 0 bridgehead atoms. The Morgan fingerprint density at radius 3 is 2.53 bits per heavy atom. The van der Waals surface area contributed by atoms with E-state index in [4.69, 9.17) is 0 Å². The fourth-order valence-corrected chi connectivity index (χ4v) is 2.20. The van der Waals surface area contributed by atoms with Crippen molar-refractivity contribution in [3.63, 3.8) is 0 Å². The van der Waals surface area contributed by atoms with Gasteiger partial charge in [0.1, 0.15) is 0 Å². The minimum Gasteiger partial charge on any atom is -0.380 e. The monoisotopic (exact) mass is 292 g/mol. The summed E-state index contributed by atoms with van der Waals surface area (Å²) in [4.78, 5) is 4.55. The first-order chi connectivity index (χ1) is 7.85. The number of pyridine rings is 1. The number of aromatic nitrogens is 1. The van der Waals surface area contributed by atoms with Gasteiger partial charge in [-0.25, -0.2) is 0 Å². The Hall–Kier alpha value is -1.09. The SMILES string of the molecule is Cc1cc(NC(C)(C)C)c2cc(Br)ccc2n1. The molecule has 0 amide bonds. The lowest BCUT2D eigenvalue weighted by molar-refractivity contribution is 0.635. The minimum atomic E-state index is 0.0447. The van der Waals surface area contributed by atoms with Crippen LogP contribution in [0.2, 0.25) is 0 Å². The maximum absolute atomic E-state index is 4.55. The molecule has 2 aromatic rings. The van der Waals surface area contributed by atoms with Gasteiger partial charge in [-0.2, -0.15) is 0 Å². The first-order valence-electron chi connectivity index (χ1n) is 5.70. The number of nitrogens with one attached hydrogen (secondary N) is 1. The Morgan fingerprint density at radius 1 is 1.18 bits per heavy atom. The molecule has 0 aliphatic rings. The van der Waals surface area contributed by atoms with Gasteiger partial charge in [-0.05, 0) is 52.0 Å². The molecule has 0 aliphatic carbocycles. The molecule has 1 aromatic heterocycles. The van der Waals surface area contributed by atoms with Crippen LogP contribution < -0.4 is 5.32 Å². The zero-order valence-corrected chi connectivity index (χ0v) is 12.2. The van der Waals surface area contributed by atoms with Gasteiger partial charge in [-0.15, -0.1) is 0 Å². The third-order valence-corrected chi connectivity index (χ3v) is 2.90. The third-order valence-electron chi connectivity index (χ3n) is 2.41. The van der Waals surface area contributed by atoms with Gasteiger partial charge in [-0.1, -0.05) is 15.9 Å². The molecule has 0 saturated heterocycles. The maximum Gasteiger partial charge on any atom is 0.0726 e. The topological polar surface area (TPSA) is 24.9 Å². The Bertz CT molecular complexity index is 556. The van der Waals surface area contributed by atoms with Gasteiger partial charge in [0.05, 0.1) is 5.52 Å². The molecule has 0 saturated carbocycles. The Kier molecular flexibility index (Phi) is 3.13. The Balaban J connectivity index is 2.63. The average molecular weight is 293 g/mol. The van der Waals surface area contributed by atoms with E-state index in [1.165, 1.54) is 0 Å². The van der Waals surface area contributed by atoms with E-state index in [1.807, 2.05) is 19.1 Å². The van der Waals surface area contributed by atoms with Crippen molar-refractivity contribution in [1.29, 1.82) is 0 Å². The van der Waals surface area contributed by atoms with Gasteiger partial charge in [0.2, 0.25) is 0 Å². The summed E-state index contributed by atoms with van der Waals surface area (Å²) in [6.07, 6.45) is 0. The lowest BCUT2D eigenvalue weighted by Gasteiger charge is -2.23. The molecule has 0 unspecified atom stereocenters. The quantitative estimate of drug-likeness (QED) is 0.836. The van der Waals surface area contributed by atoms with E-state index >= 15 is 0 Å². The first kappa shape index (κ1) is 12.4. The highest BCUT2D eigenvalue weighted by Gasteiger charge is 2.12. The molecule has 2 rings (SSSR count).